The van der Waals surface area contributed by atoms with Crippen LogP contribution in [-0.4, -0.2) is 27.7 Å². The van der Waals surface area contributed by atoms with E-state index >= 15 is 0 Å². The predicted molar refractivity (Wildman–Crippen MR) is 77.5 cm³/mol. The maximum Gasteiger partial charge on any atom is 0.270 e. The molecular weight excluding hydrogens is 274 g/mol. The molecule has 1 aromatic carbocycles. The molecular formula is C13H13N5O3. The Morgan fingerprint density at radius 1 is 1.38 bits per heavy atom. The lowest BCUT2D eigenvalue weighted by Crippen LogP contribution is -2.02. The van der Waals surface area contributed by atoms with E-state index in [1.807, 2.05) is 0 Å². The number of benzene rings is 1. The highest BCUT2D eigenvalue weighted by atomic mass is 16.6. The minimum absolute atomic E-state index is 0.0192. The van der Waals surface area contributed by atoms with E-state index in [0.717, 1.165) is 0 Å². The number of nitrogens with one attached hydrogen (secondary N) is 1. The van der Waals surface area contributed by atoms with Crippen molar-refractivity contribution in [3.05, 3.63) is 52.3 Å². The predicted octanol–water partition coefficient (Wildman–Crippen LogP) is 2.23. The molecule has 0 atom stereocenters. The fraction of sp³-hybridized carbons (Fsp3) is 0.154. The summed E-state index contributed by atoms with van der Waals surface area (Å²) in [5.41, 5.74) is 4.02. The van der Waals surface area contributed by atoms with Crippen molar-refractivity contribution in [1.82, 2.24) is 9.97 Å². The second kappa shape index (κ2) is 6.42. The van der Waals surface area contributed by atoms with Gasteiger partial charge in [-0.05, 0) is 6.92 Å². The van der Waals surface area contributed by atoms with E-state index < -0.39 is 4.92 Å². The third-order valence-corrected chi connectivity index (χ3v) is 2.66. The number of anilines is 1. The highest BCUT2D eigenvalue weighted by Crippen LogP contribution is 2.14. The number of hydrogen-bond donors (Lipinski definition) is 1. The first-order valence-corrected chi connectivity index (χ1v) is 6.01. The van der Waals surface area contributed by atoms with Gasteiger partial charge in [-0.25, -0.2) is 9.97 Å². The molecule has 1 aromatic heterocycles. The molecule has 8 heteroatoms. The quantitative estimate of drug-likeness (QED) is 0.514. The number of nitro benzene ring substituents is 1. The van der Waals surface area contributed by atoms with Gasteiger partial charge in [0.1, 0.15) is 6.33 Å². The van der Waals surface area contributed by atoms with Crippen LogP contribution in [0.15, 0.2) is 41.8 Å². The van der Waals surface area contributed by atoms with E-state index in [1.54, 1.807) is 25.1 Å². The molecule has 0 spiro atoms. The zero-order valence-electron chi connectivity index (χ0n) is 11.5. The van der Waals surface area contributed by atoms with Crippen LogP contribution in [0.5, 0.6) is 5.88 Å². The van der Waals surface area contributed by atoms with Crippen LogP contribution in [0.4, 0.5) is 11.5 Å². The lowest BCUT2D eigenvalue weighted by Gasteiger charge is -2.04. The van der Waals surface area contributed by atoms with Crippen LogP contribution in [0.1, 0.15) is 12.5 Å². The Bertz CT molecular complexity index is 687. The Kier molecular flexibility index (Phi) is 4.39. The van der Waals surface area contributed by atoms with Crippen LogP contribution in [0, 0.1) is 10.1 Å². The topological polar surface area (TPSA) is 103 Å². The van der Waals surface area contributed by atoms with Gasteiger partial charge in [0.25, 0.3) is 5.69 Å². The van der Waals surface area contributed by atoms with E-state index in [2.05, 4.69) is 20.5 Å². The van der Waals surface area contributed by atoms with Crippen LogP contribution < -0.4 is 10.2 Å². The molecule has 0 unspecified atom stereocenters. The molecule has 1 N–H and O–H groups in total. The van der Waals surface area contributed by atoms with Gasteiger partial charge in [-0.15, -0.1) is 0 Å². The van der Waals surface area contributed by atoms with Gasteiger partial charge in [0, 0.05) is 23.8 Å². The number of aromatic nitrogens is 2. The van der Waals surface area contributed by atoms with Gasteiger partial charge < -0.3 is 4.74 Å². The smallest absolute Gasteiger partial charge is 0.270 e. The molecule has 1 heterocycles. The van der Waals surface area contributed by atoms with Crippen LogP contribution >= 0.6 is 0 Å². The van der Waals surface area contributed by atoms with Crippen molar-refractivity contribution in [1.29, 1.82) is 0 Å². The number of rotatable bonds is 5. The van der Waals surface area contributed by atoms with Crippen molar-refractivity contribution in [2.75, 3.05) is 12.5 Å². The van der Waals surface area contributed by atoms with Crippen molar-refractivity contribution < 1.29 is 9.66 Å². The summed E-state index contributed by atoms with van der Waals surface area (Å²) in [6, 6.07) is 7.83. The van der Waals surface area contributed by atoms with Gasteiger partial charge in [0.2, 0.25) is 5.88 Å². The number of hydrazone groups is 1. The maximum absolute atomic E-state index is 10.7. The number of nitro groups is 1. The summed E-state index contributed by atoms with van der Waals surface area (Å²) in [6.45, 7) is 1.74. The van der Waals surface area contributed by atoms with E-state index in [0.29, 0.717) is 23.0 Å². The summed E-state index contributed by atoms with van der Waals surface area (Å²) < 4.78 is 4.97. The minimum Gasteiger partial charge on any atom is -0.481 e. The molecule has 0 radical (unpaired) electrons. The monoisotopic (exact) mass is 287 g/mol. The highest BCUT2D eigenvalue weighted by molar-refractivity contribution is 5.99. The average molecular weight is 287 g/mol. The summed E-state index contributed by atoms with van der Waals surface area (Å²) in [5, 5.41) is 14.9. The zero-order valence-corrected chi connectivity index (χ0v) is 11.5. The number of hydrogen-bond acceptors (Lipinski definition) is 7. The molecule has 8 nitrogen and oxygen atoms in total. The van der Waals surface area contributed by atoms with Gasteiger partial charge in [-0.3, -0.25) is 15.5 Å². The van der Waals surface area contributed by atoms with Gasteiger partial charge >= 0.3 is 0 Å². The fourth-order valence-electron chi connectivity index (χ4n) is 1.56. The number of ether oxygens (including phenoxy) is 1. The number of nitrogens with zero attached hydrogens (tertiary/aromatic N) is 4. The molecule has 2 rings (SSSR count). The van der Waals surface area contributed by atoms with Crippen LogP contribution in [0.3, 0.4) is 0 Å². The van der Waals surface area contributed by atoms with Crippen molar-refractivity contribution >= 4 is 17.2 Å². The molecule has 0 aliphatic carbocycles. The minimum atomic E-state index is -0.445. The molecule has 21 heavy (non-hydrogen) atoms. The standard InChI is InChI=1S/C13H13N5O3/c1-9(10-4-3-5-11(6-10)18(19)20)16-17-12-7-13(21-2)15-8-14-12/h3-8H,1-2H3,(H,14,15,17)/b16-9+. The molecule has 0 bridgehead atoms. The summed E-state index contributed by atoms with van der Waals surface area (Å²) in [6.07, 6.45) is 1.35. The zero-order chi connectivity index (χ0) is 15.2. The second-order valence-corrected chi connectivity index (χ2v) is 4.06. The third-order valence-electron chi connectivity index (χ3n) is 2.66. The summed E-state index contributed by atoms with van der Waals surface area (Å²) >= 11 is 0. The number of methoxy groups -OCH3 is 1. The second-order valence-electron chi connectivity index (χ2n) is 4.06. The molecule has 0 saturated heterocycles. The van der Waals surface area contributed by atoms with E-state index in [-0.39, 0.29) is 5.69 Å². The molecule has 0 amide bonds. The lowest BCUT2D eigenvalue weighted by atomic mass is 10.1. The van der Waals surface area contributed by atoms with Gasteiger partial charge in [0.15, 0.2) is 5.82 Å². The van der Waals surface area contributed by atoms with Gasteiger partial charge in [-0.2, -0.15) is 5.10 Å². The Morgan fingerprint density at radius 3 is 2.90 bits per heavy atom. The van der Waals surface area contributed by atoms with Gasteiger partial charge in [-0.1, -0.05) is 12.1 Å². The largest absolute Gasteiger partial charge is 0.481 e. The third kappa shape index (κ3) is 3.72. The van der Waals surface area contributed by atoms with E-state index in [4.69, 9.17) is 4.74 Å². The first kappa shape index (κ1) is 14.4. The van der Waals surface area contributed by atoms with Crippen molar-refractivity contribution in [2.45, 2.75) is 6.92 Å². The Hall–Kier alpha value is -3.03. The fourth-order valence-corrected chi connectivity index (χ4v) is 1.56. The summed E-state index contributed by atoms with van der Waals surface area (Å²) in [5.74, 6) is 0.877. The average Bonchev–Trinajstić information content (AvgIpc) is 2.53. The SMILES string of the molecule is COc1cc(N/N=C(\C)c2cccc([N+](=O)[O-])c2)ncn1. The molecule has 0 aliphatic rings. The molecule has 108 valence electrons. The highest BCUT2D eigenvalue weighted by Gasteiger charge is 2.07. The molecule has 0 fully saturated rings. The molecule has 2 aromatic rings. The normalized spacial score (nSPS) is 11.0. The summed E-state index contributed by atoms with van der Waals surface area (Å²) in [4.78, 5) is 18.2. The van der Waals surface area contributed by atoms with Crippen LogP contribution in [0.2, 0.25) is 0 Å². The molecule has 0 aliphatic heterocycles. The van der Waals surface area contributed by atoms with Crippen molar-refractivity contribution in [2.24, 2.45) is 5.10 Å². The maximum atomic E-state index is 10.7. The Labute approximate surface area is 120 Å². The summed E-state index contributed by atoms with van der Waals surface area (Å²) in [7, 11) is 1.50. The van der Waals surface area contributed by atoms with Crippen molar-refractivity contribution in [3.8, 4) is 5.88 Å². The van der Waals surface area contributed by atoms with Gasteiger partial charge in [0.05, 0.1) is 17.7 Å². The lowest BCUT2D eigenvalue weighted by molar-refractivity contribution is -0.384. The van der Waals surface area contributed by atoms with E-state index in [1.165, 1.54) is 25.6 Å². The first-order chi connectivity index (χ1) is 10.1. The Morgan fingerprint density at radius 2 is 2.19 bits per heavy atom. The number of non-ortho nitro benzene ring substituents is 1. The first-order valence-electron chi connectivity index (χ1n) is 6.01. The molecule has 0 saturated carbocycles. The van der Waals surface area contributed by atoms with Crippen molar-refractivity contribution in [3.63, 3.8) is 0 Å². The Balaban J connectivity index is 2.17. The van der Waals surface area contributed by atoms with Crippen LogP contribution in [-0.2, 0) is 0 Å². The van der Waals surface area contributed by atoms with Crippen LogP contribution in [0.25, 0.3) is 0 Å². The van der Waals surface area contributed by atoms with E-state index in [9.17, 15) is 10.1 Å².